The van der Waals surface area contributed by atoms with Crippen molar-refractivity contribution in [2.75, 3.05) is 6.61 Å². The Kier molecular flexibility index (Phi) is 5.59. The fourth-order valence-electron chi connectivity index (χ4n) is 1.97. The minimum atomic E-state index is -0.0409. The van der Waals surface area contributed by atoms with E-state index >= 15 is 0 Å². The van der Waals surface area contributed by atoms with Gasteiger partial charge in [0.2, 0.25) is 0 Å². The van der Waals surface area contributed by atoms with Gasteiger partial charge < -0.3 is 14.6 Å². The molecule has 0 unspecified atom stereocenters. The number of rotatable bonds is 6. The highest BCUT2D eigenvalue weighted by Crippen LogP contribution is 2.37. The molecule has 1 aromatic heterocycles. The standard InChI is InChI=1S/C16H18BrNO3/c1-3-20-15-6-12(9-19)5-14(17)16(15)21-10-13-4-11(2)7-18-8-13/h4-8,19H,3,9-10H2,1-2H3. The van der Waals surface area contributed by atoms with Gasteiger partial charge in [0.1, 0.15) is 6.61 Å². The van der Waals surface area contributed by atoms with Crippen molar-refractivity contribution >= 4 is 15.9 Å². The maximum atomic E-state index is 9.26. The molecule has 21 heavy (non-hydrogen) atoms. The Balaban J connectivity index is 2.22. The van der Waals surface area contributed by atoms with Crippen LogP contribution in [0.15, 0.2) is 35.1 Å². The minimum Gasteiger partial charge on any atom is -0.490 e. The Morgan fingerprint density at radius 2 is 1.95 bits per heavy atom. The average Bonchev–Trinajstić information content (AvgIpc) is 2.46. The third-order valence-corrected chi connectivity index (χ3v) is 3.46. The molecule has 0 saturated carbocycles. The van der Waals surface area contributed by atoms with Crippen LogP contribution in [0.25, 0.3) is 0 Å². The van der Waals surface area contributed by atoms with E-state index in [1.165, 1.54) is 0 Å². The number of aromatic nitrogens is 1. The number of aliphatic hydroxyl groups is 1. The second-order valence-electron chi connectivity index (χ2n) is 4.66. The Morgan fingerprint density at radius 3 is 2.62 bits per heavy atom. The molecule has 5 heteroatoms. The van der Waals surface area contributed by atoms with E-state index in [0.29, 0.717) is 24.7 Å². The van der Waals surface area contributed by atoms with E-state index in [9.17, 15) is 5.11 Å². The first kappa shape index (κ1) is 15.8. The fourth-order valence-corrected chi connectivity index (χ4v) is 2.57. The highest BCUT2D eigenvalue weighted by Gasteiger charge is 2.12. The molecule has 0 fully saturated rings. The van der Waals surface area contributed by atoms with Crippen LogP contribution in [0.2, 0.25) is 0 Å². The average molecular weight is 352 g/mol. The van der Waals surface area contributed by atoms with Crippen LogP contribution in [0.3, 0.4) is 0 Å². The van der Waals surface area contributed by atoms with Crippen molar-refractivity contribution in [2.45, 2.75) is 27.1 Å². The van der Waals surface area contributed by atoms with E-state index in [0.717, 1.165) is 21.2 Å². The molecule has 0 saturated heterocycles. The van der Waals surface area contributed by atoms with Gasteiger partial charge in [-0.1, -0.05) is 0 Å². The van der Waals surface area contributed by atoms with E-state index in [-0.39, 0.29) is 6.61 Å². The molecule has 0 bridgehead atoms. The van der Waals surface area contributed by atoms with Gasteiger partial charge in [0.15, 0.2) is 11.5 Å². The zero-order valence-corrected chi connectivity index (χ0v) is 13.7. The number of aliphatic hydroxyl groups excluding tert-OH is 1. The summed E-state index contributed by atoms with van der Waals surface area (Å²) in [6, 6.07) is 5.65. The lowest BCUT2D eigenvalue weighted by Crippen LogP contribution is -2.02. The Labute approximate surface area is 132 Å². The molecular formula is C16H18BrNO3. The molecule has 112 valence electrons. The molecule has 0 radical (unpaired) electrons. The molecule has 0 aliphatic heterocycles. The molecule has 0 atom stereocenters. The molecule has 1 heterocycles. The molecule has 0 spiro atoms. The molecule has 0 aliphatic carbocycles. The van der Waals surface area contributed by atoms with E-state index < -0.39 is 0 Å². The zero-order chi connectivity index (χ0) is 15.2. The lowest BCUT2D eigenvalue weighted by molar-refractivity contribution is 0.262. The van der Waals surface area contributed by atoms with E-state index in [4.69, 9.17) is 9.47 Å². The second-order valence-corrected chi connectivity index (χ2v) is 5.51. The summed E-state index contributed by atoms with van der Waals surface area (Å²) in [6.45, 7) is 4.80. The van der Waals surface area contributed by atoms with Crippen LogP contribution < -0.4 is 9.47 Å². The van der Waals surface area contributed by atoms with E-state index in [1.54, 1.807) is 18.5 Å². The summed E-state index contributed by atoms with van der Waals surface area (Å²) in [6.07, 6.45) is 3.59. The van der Waals surface area contributed by atoms with Crippen LogP contribution >= 0.6 is 15.9 Å². The maximum absolute atomic E-state index is 9.26. The summed E-state index contributed by atoms with van der Waals surface area (Å²) in [5.74, 6) is 1.26. The van der Waals surface area contributed by atoms with Gasteiger partial charge in [0, 0.05) is 18.0 Å². The number of hydrogen-bond acceptors (Lipinski definition) is 4. The summed E-state index contributed by atoms with van der Waals surface area (Å²) in [4.78, 5) is 4.15. The smallest absolute Gasteiger partial charge is 0.175 e. The summed E-state index contributed by atoms with van der Waals surface area (Å²) in [5, 5.41) is 9.26. The second kappa shape index (κ2) is 7.43. The summed E-state index contributed by atoms with van der Waals surface area (Å²) in [7, 11) is 0. The number of nitrogens with zero attached hydrogens (tertiary/aromatic N) is 1. The quantitative estimate of drug-likeness (QED) is 0.863. The molecule has 1 aromatic carbocycles. The van der Waals surface area contributed by atoms with Crippen LogP contribution in [0, 0.1) is 6.92 Å². The monoisotopic (exact) mass is 351 g/mol. The van der Waals surface area contributed by atoms with Gasteiger partial charge >= 0.3 is 0 Å². The highest BCUT2D eigenvalue weighted by atomic mass is 79.9. The van der Waals surface area contributed by atoms with Gasteiger partial charge in [-0.25, -0.2) is 0 Å². The number of ether oxygens (including phenoxy) is 2. The van der Waals surface area contributed by atoms with E-state index in [1.807, 2.05) is 26.0 Å². The van der Waals surface area contributed by atoms with Gasteiger partial charge in [-0.15, -0.1) is 0 Å². The van der Waals surface area contributed by atoms with Crippen molar-refractivity contribution in [1.82, 2.24) is 4.98 Å². The van der Waals surface area contributed by atoms with Gasteiger partial charge in [-0.2, -0.15) is 0 Å². The zero-order valence-electron chi connectivity index (χ0n) is 12.1. The molecule has 4 nitrogen and oxygen atoms in total. The van der Waals surface area contributed by atoms with Crippen molar-refractivity contribution < 1.29 is 14.6 Å². The van der Waals surface area contributed by atoms with Gasteiger partial charge in [0.25, 0.3) is 0 Å². The molecule has 1 N–H and O–H groups in total. The largest absolute Gasteiger partial charge is 0.490 e. The van der Waals surface area contributed by atoms with Crippen molar-refractivity contribution in [2.24, 2.45) is 0 Å². The van der Waals surface area contributed by atoms with Crippen LogP contribution in [-0.2, 0) is 13.2 Å². The summed E-state index contributed by atoms with van der Waals surface area (Å²) in [5.41, 5.74) is 2.86. The number of halogens is 1. The van der Waals surface area contributed by atoms with Crippen LogP contribution in [0.1, 0.15) is 23.6 Å². The third kappa shape index (κ3) is 4.19. The normalized spacial score (nSPS) is 10.5. The van der Waals surface area contributed by atoms with Crippen LogP contribution in [0.4, 0.5) is 0 Å². The van der Waals surface area contributed by atoms with Crippen molar-refractivity contribution in [3.05, 3.63) is 51.8 Å². The molecule has 2 aromatic rings. The highest BCUT2D eigenvalue weighted by molar-refractivity contribution is 9.10. The van der Waals surface area contributed by atoms with Crippen LogP contribution in [0.5, 0.6) is 11.5 Å². The number of aryl methyl sites for hydroxylation is 1. The van der Waals surface area contributed by atoms with Crippen LogP contribution in [-0.4, -0.2) is 16.7 Å². The number of hydrogen-bond donors (Lipinski definition) is 1. The lowest BCUT2D eigenvalue weighted by atomic mass is 10.2. The Hall–Kier alpha value is -1.59. The maximum Gasteiger partial charge on any atom is 0.175 e. The van der Waals surface area contributed by atoms with Crippen molar-refractivity contribution in [3.8, 4) is 11.5 Å². The molecular weight excluding hydrogens is 334 g/mol. The van der Waals surface area contributed by atoms with Crippen molar-refractivity contribution in [3.63, 3.8) is 0 Å². The first-order valence-electron chi connectivity index (χ1n) is 6.73. The number of pyridine rings is 1. The van der Waals surface area contributed by atoms with Gasteiger partial charge in [-0.3, -0.25) is 4.98 Å². The van der Waals surface area contributed by atoms with Crippen molar-refractivity contribution in [1.29, 1.82) is 0 Å². The number of benzene rings is 1. The van der Waals surface area contributed by atoms with Gasteiger partial charge in [-0.05, 0) is 59.1 Å². The molecule has 0 aliphatic rings. The minimum absolute atomic E-state index is 0.0409. The molecule has 0 amide bonds. The topological polar surface area (TPSA) is 51.6 Å². The first-order valence-corrected chi connectivity index (χ1v) is 7.52. The SMILES string of the molecule is CCOc1cc(CO)cc(Br)c1OCc1cncc(C)c1. The Bertz CT molecular complexity index is 616. The lowest BCUT2D eigenvalue weighted by Gasteiger charge is -2.15. The Morgan fingerprint density at radius 1 is 1.14 bits per heavy atom. The third-order valence-electron chi connectivity index (χ3n) is 2.87. The summed E-state index contributed by atoms with van der Waals surface area (Å²) >= 11 is 3.47. The first-order chi connectivity index (χ1) is 10.1. The molecule has 2 rings (SSSR count). The van der Waals surface area contributed by atoms with E-state index in [2.05, 4.69) is 20.9 Å². The predicted octanol–water partition coefficient (Wildman–Crippen LogP) is 3.62. The predicted molar refractivity (Wildman–Crippen MR) is 84.5 cm³/mol. The fraction of sp³-hybridized carbons (Fsp3) is 0.312. The van der Waals surface area contributed by atoms with Gasteiger partial charge in [0.05, 0.1) is 17.7 Å². The summed E-state index contributed by atoms with van der Waals surface area (Å²) < 4.78 is 12.2.